The molecule has 2 aromatic rings. The summed E-state index contributed by atoms with van der Waals surface area (Å²) in [6.45, 7) is 0.779. The van der Waals surface area contributed by atoms with Crippen LogP contribution in [0.1, 0.15) is 25.7 Å². The Hall–Kier alpha value is -2.15. The minimum Gasteiger partial charge on any atom is -0.391 e. The number of rotatable bonds is 5. The second-order valence-corrected chi connectivity index (χ2v) is 6.70. The van der Waals surface area contributed by atoms with E-state index in [9.17, 15) is 9.90 Å². The third-order valence-electron chi connectivity index (χ3n) is 5.04. The van der Waals surface area contributed by atoms with Gasteiger partial charge in [-0.2, -0.15) is 10.2 Å². The van der Waals surface area contributed by atoms with E-state index in [-0.39, 0.29) is 11.9 Å². The first kappa shape index (κ1) is 14.4. The minimum atomic E-state index is -0.538. The fourth-order valence-electron chi connectivity index (χ4n) is 3.60. The maximum Gasteiger partial charge on any atom is 0.248 e. The Morgan fingerprint density at radius 2 is 2.00 bits per heavy atom. The Morgan fingerprint density at radius 3 is 2.65 bits per heavy atom. The van der Waals surface area contributed by atoms with Gasteiger partial charge in [0.2, 0.25) is 5.91 Å². The molecule has 1 amide bonds. The molecule has 0 aromatic carbocycles. The largest absolute Gasteiger partial charge is 0.391 e. The average Bonchev–Trinajstić information content (AvgIpc) is 2.94. The van der Waals surface area contributed by atoms with Gasteiger partial charge in [-0.1, -0.05) is 0 Å². The molecule has 3 atom stereocenters. The molecule has 23 heavy (non-hydrogen) atoms. The van der Waals surface area contributed by atoms with Crippen molar-refractivity contribution in [2.24, 2.45) is 5.92 Å². The van der Waals surface area contributed by atoms with Crippen molar-refractivity contribution in [3.05, 3.63) is 36.9 Å². The second-order valence-electron chi connectivity index (χ2n) is 6.70. The molecule has 0 radical (unpaired) electrons. The fourth-order valence-corrected chi connectivity index (χ4v) is 3.60. The monoisotopic (exact) mass is 315 g/mol. The van der Waals surface area contributed by atoms with Crippen LogP contribution in [0.25, 0.3) is 0 Å². The van der Waals surface area contributed by atoms with Gasteiger partial charge >= 0.3 is 0 Å². The molecule has 2 saturated carbocycles. The molecule has 0 saturated heterocycles. The lowest BCUT2D eigenvalue weighted by molar-refractivity contribution is -0.127. The van der Waals surface area contributed by atoms with Gasteiger partial charge in [0.15, 0.2) is 0 Å². The van der Waals surface area contributed by atoms with E-state index >= 15 is 0 Å². The number of aromatic nitrogens is 4. The highest BCUT2D eigenvalue weighted by atomic mass is 16.3. The molecular formula is C16H21N5O2. The lowest BCUT2D eigenvalue weighted by Crippen LogP contribution is -2.47. The quantitative estimate of drug-likeness (QED) is 0.842. The van der Waals surface area contributed by atoms with E-state index in [1.54, 1.807) is 17.1 Å². The van der Waals surface area contributed by atoms with Crippen molar-refractivity contribution >= 4 is 5.91 Å². The molecule has 2 N–H and O–H groups in total. The summed E-state index contributed by atoms with van der Waals surface area (Å²) < 4.78 is 3.62. The van der Waals surface area contributed by atoms with Crippen LogP contribution >= 0.6 is 0 Å². The van der Waals surface area contributed by atoms with Crippen LogP contribution in [0.4, 0.5) is 0 Å². The molecule has 0 spiro atoms. The third kappa shape index (κ3) is 2.65. The first-order valence-electron chi connectivity index (χ1n) is 8.14. The summed E-state index contributed by atoms with van der Waals surface area (Å²) in [5, 5.41) is 21.8. The Labute approximate surface area is 134 Å². The van der Waals surface area contributed by atoms with Gasteiger partial charge < -0.3 is 10.4 Å². The lowest BCUT2D eigenvalue weighted by Gasteiger charge is -2.21. The second kappa shape index (κ2) is 5.49. The van der Waals surface area contributed by atoms with Crippen LogP contribution in [0.5, 0.6) is 0 Å². The van der Waals surface area contributed by atoms with Gasteiger partial charge in [0.25, 0.3) is 0 Å². The van der Waals surface area contributed by atoms with Crippen LogP contribution in [0.3, 0.4) is 0 Å². The van der Waals surface area contributed by atoms with Crippen molar-refractivity contribution < 1.29 is 9.90 Å². The van der Waals surface area contributed by atoms with Gasteiger partial charge in [-0.25, -0.2) is 0 Å². The number of aliphatic hydroxyl groups excluding tert-OH is 1. The topological polar surface area (TPSA) is 85.0 Å². The van der Waals surface area contributed by atoms with Gasteiger partial charge in [-0.3, -0.25) is 14.2 Å². The SMILES string of the molecule is O=C(N[C@@H]1CC(Cn2cccn2)C[C@H]1O)C1(n2cccn2)CC1. The Morgan fingerprint density at radius 1 is 1.22 bits per heavy atom. The standard InChI is InChI=1S/C16H21N5O2/c22-14-10-12(11-20-7-1-5-17-20)9-13(14)19-15(23)16(3-4-16)21-8-2-6-18-21/h1-2,5-8,12-14,22H,3-4,9-11H2,(H,19,23)/t12?,13-,14-/m1/s1. The molecule has 0 bridgehead atoms. The minimum absolute atomic E-state index is 0.0232. The van der Waals surface area contributed by atoms with E-state index in [2.05, 4.69) is 15.5 Å². The molecule has 2 heterocycles. The predicted molar refractivity (Wildman–Crippen MR) is 82.3 cm³/mol. The summed E-state index contributed by atoms with van der Waals surface area (Å²) in [5.41, 5.74) is -0.538. The van der Waals surface area contributed by atoms with E-state index in [4.69, 9.17) is 0 Å². The van der Waals surface area contributed by atoms with Crippen molar-refractivity contribution in [2.45, 2.75) is 49.9 Å². The van der Waals surface area contributed by atoms with E-state index in [1.807, 2.05) is 29.2 Å². The summed E-state index contributed by atoms with van der Waals surface area (Å²) in [7, 11) is 0. The Bertz CT molecular complexity index is 663. The van der Waals surface area contributed by atoms with Crippen molar-refractivity contribution in [3.8, 4) is 0 Å². The first-order valence-corrected chi connectivity index (χ1v) is 8.14. The predicted octanol–water partition coefficient (Wildman–Crippen LogP) is 0.525. The zero-order chi connectivity index (χ0) is 15.9. The summed E-state index contributed by atoms with van der Waals surface area (Å²) >= 11 is 0. The average molecular weight is 315 g/mol. The van der Waals surface area contributed by atoms with Crippen molar-refractivity contribution in [1.29, 1.82) is 0 Å². The molecule has 2 aromatic heterocycles. The summed E-state index contributed by atoms with van der Waals surface area (Å²) in [6.07, 6.45) is 9.80. The zero-order valence-corrected chi connectivity index (χ0v) is 12.9. The van der Waals surface area contributed by atoms with Crippen LogP contribution < -0.4 is 5.32 Å². The Kier molecular flexibility index (Phi) is 3.45. The number of carbonyl (C=O) groups is 1. The normalized spacial score (nSPS) is 28.7. The number of nitrogens with one attached hydrogen (secondary N) is 1. The zero-order valence-electron chi connectivity index (χ0n) is 12.9. The number of nitrogens with zero attached hydrogens (tertiary/aromatic N) is 4. The van der Waals surface area contributed by atoms with E-state index in [0.29, 0.717) is 12.3 Å². The molecule has 4 rings (SSSR count). The van der Waals surface area contributed by atoms with Crippen LogP contribution in [0.2, 0.25) is 0 Å². The van der Waals surface area contributed by atoms with Crippen molar-refractivity contribution in [2.75, 3.05) is 0 Å². The number of amides is 1. The molecule has 2 aliphatic rings. The molecule has 1 unspecified atom stereocenters. The van der Waals surface area contributed by atoms with E-state index in [0.717, 1.165) is 25.8 Å². The van der Waals surface area contributed by atoms with Gasteiger partial charge in [0.05, 0.1) is 12.1 Å². The summed E-state index contributed by atoms with van der Waals surface area (Å²) in [4.78, 5) is 12.7. The van der Waals surface area contributed by atoms with Crippen LogP contribution in [-0.2, 0) is 16.9 Å². The highest BCUT2D eigenvalue weighted by Crippen LogP contribution is 2.43. The van der Waals surface area contributed by atoms with Gasteiger partial charge in [0, 0.05) is 31.3 Å². The first-order chi connectivity index (χ1) is 11.2. The molecule has 7 heteroatoms. The highest BCUT2D eigenvalue weighted by molar-refractivity contribution is 5.87. The number of hydrogen-bond donors (Lipinski definition) is 2. The summed E-state index contributed by atoms with van der Waals surface area (Å²) in [6, 6.07) is 3.54. The number of aliphatic hydroxyl groups is 1. The molecular weight excluding hydrogens is 294 g/mol. The molecule has 0 aliphatic heterocycles. The van der Waals surface area contributed by atoms with Crippen molar-refractivity contribution in [3.63, 3.8) is 0 Å². The van der Waals surface area contributed by atoms with Crippen LogP contribution in [0, 0.1) is 5.92 Å². The van der Waals surface area contributed by atoms with Gasteiger partial charge in [0.1, 0.15) is 5.54 Å². The molecule has 2 aliphatic carbocycles. The highest BCUT2D eigenvalue weighted by Gasteiger charge is 2.53. The molecule has 122 valence electrons. The van der Waals surface area contributed by atoms with Crippen LogP contribution in [0.15, 0.2) is 36.9 Å². The summed E-state index contributed by atoms with van der Waals surface area (Å²) in [5.74, 6) is 0.306. The lowest BCUT2D eigenvalue weighted by atomic mass is 10.1. The van der Waals surface area contributed by atoms with E-state index in [1.165, 1.54) is 0 Å². The van der Waals surface area contributed by atoms with Crippen LogP contribution in [-0.4, -0.2) is 42.7 Å². The maximum atomic E-state index is 12.7. The molecule has 2 fully saturated rings. The van der Waals surface area contributed by atoms with E-state index < -0.39 is 11.6 Å². The number of carbonyl (C=O) groups excluding carboxylic acids is 1. The van der Waals surface area contributed by atoms with Gasteiger partial charge in [-0.15, -0.1) is 0 Å². The third-order valence-corrected chi connectivity index (χ3v) is 5.04. The molecule has 7 nitrogen and oxygen atoms in total. The fraction of sp³-hybridized carbons (Fsp3) is 0.562. The Balaban J connectivity index is 1.38. The number of hydrogen-bond acceptors (Lipinski definition) is 4. The smallest absolute Gasteiger partial charge is 0.248 e. The van der Waals surface area contributed by atoms with Gasteiger partial charge in [-0.05, 0) is 43.7 Å². The van der Waals surface area contributed by atoms with Crippen molar-refractivity contribution in [1.82, 2.24) is 24.9 Å². The maximum absolute atomic E-state index is 12.7.